The van der Waals surface area contributed by atoms with Crippen molar-refractivity contribution in [2.75, 3.05) is 12.1 Å². The van der Waals surface area contributed by atoms with E-state index in [2.05, 4.69) is 27.1 Å². The normalized spacial score (nSPS) is 13.3. The Labute approximate surface area is 182 Å². The van der Waals surface area contributed by atoms with E-state index in [0.29, 0.717) is 34.2 Å². The fraction of sp³-hybridized carbons (Fsp3) is 0.300. The molecule has 0 radical (unpaired) electrons. The minimum absolute atomic E-state index is 0.133. The number of carbonyl (C=O) groups is 1. The van der Waals surface area contributed by atoms with Gasteiger partial charge in [-0.2, -0.15) is 0 Å². The summed E-state index contributed by atoms with van der Waals surface area (Å²) in [6, 6.07) is 5.64. The molecule has 0 bridgehead atoms. The van der Waals surface area contributed by atoms with Crippen molar-refractivity contribution in [3.8, 4) is 22.9 Å². The largest absolute Gasteiger partial charge is 0.454 e. The van der Waals surface area contributed by atoms with Crippen molar-refractivity contribution >= 4 is 34.1 Å². The van der Waals surface area contributed by atoms with E-state index >= 15 is 0 Å². The van der Waals surface area contributed by atoms with Crippen LogP contribution in [0.5, 0.6) is 11.5 Å². The van der Waals surface area contributed by atoms with Crippen LogP contribution in [0.25, 0.3) is 11.4 Å². The fourth-order valence-electron chi connectivity index (χ4n) is 2.86. The third-order valence-corrected chi connectivity index (χ3v) is 6.64. The predicted octanol–water partition coefficient (Wildman–Crippen LogP) is 4.05. The Balaban J connectivity index is 1.54. The Hall–Kier alpha value is -2.85. The molecule has 0 aliphatic carbocycles. The molecule has 1 aromatic carbocycles. The quantitative estimate of drug-likeness (QED) is 0.435. The molecule has 1 unspecified atom stereocenters. The lowest BCUT2D eigenvalue weighted by molar-refractivity contribution is -0.115. The minimum atomic E-state index is -0.383. The second kappa shape index (κ2) is 8.49. The first kappa shape index (κ1) is 20.4. The van der Waals surface area contributed by atoms with Crippen molar-refractivity contribution in [1.82, 2.24) is 19.7 Å². The molecule has 0 saturated heterocycles. The standard InChI is InChI=1S/C20H21N5O3S2/c1-5-8-25-17(14-6-7-15-16(9-14)28-10-27-15)23-24-20(25)30-13(4)18(26)22-19-21-11(2)12(3)29-19/h5-7,9,13H,1,8,10H2,2-4H3,(H,21,22,26). The molecule has 1 amide bonds. The van der Waals surface area contributed by atoms with Gasteiger partial charge in [-0.1, -0.05) is 17.8 Å². The van der Waals surface area contributed by atoms with E-state index in [0.717, 1.165) is 16.1 Å². The molecular formula is C20H21N5O3S2. The van der Waals surface area contributed by atoms with Crippen molar-refractivity contribution in [2.24, 2.45) is 0 Å². The molecule has 1 atom stereocenters. The number of aromatic nitrogens is 4. The zero-order valence-electron chi connectivity index (χ0n) is 16.8. The maximum Gasteiger partial charge on any atom is 0.239 e. The minimum Gasteiger partial charge on any atom is -0.454 e. The molecule has 8 nitrogen and oxygen atoms in total. The van der Waals surface area contributed by atoms with Gasteiger partial charge in [-0.05, 0) is 39.0 Å². The van der Waals surface area contributed by atoms with Crippen molar-refractivity contribution in [1.29, 1.82) is 0 Å². The molecule has 2 aromatic heterocycles. The van der Waals surface area contributed by atoms with Crippen LogP contribution in [0, 0.1) is 13.8 Å². The van der Waals surface area contributed by atoms with E-state index < -0.39 is 0 Å². The summed E-state index contributed by atoms with van der Waals surface area (Å²) in [5.74, 6) is 1.93. The highest BCUT2D eigenvalue weighted by Crippen LogP contribution is 2.36. The number of aryl methyl sites for hydroxylation is 2. The Morgan fingerprint density at radius 3 is 2.90 bits per heavy atom. The summed E-state index contributed by atoms with van der Waals surface area (Å²) in [5.41, 5.74) is 1.78. The van der Waals surface area contributed by atoms with Gasteiger partial charge in [0, 0.05) is 17.0 Å². The molecule has 0 saturated carbocycles. The third kappa shape index (κ3) is 4.05. The topological polar surface area (TPSA) is 91.2 Å². The summed E-state index contributed by atoms with van der Waals surface area (Å²) in [6.45, 7) is 10.3. The van der Waals surface area contributed by atoms with Crippen LogP contribution in [-0.4, -0.2) is 37.7 Å². The summed E-state index contributed by atoms with van der Waals surface area (Å²) in [5, 5.41) is 12.4. The number of carbonyl (C=O) groups excluding carboxylic acids is 1. The molecule has 4 rings (SSSR count). The van der Waals surface area contributed by atoms with Gasteiger partial charge in [-0.15, -0.1) is 28.1 Å². The molecule has 0 spiro atoms. The number of allylic oxidation sites excluding steroid dienone is 1. The second-order valence-corrected chi connectivity index (χ2v) is 9.19. The summed E-state index contributed by atoms with van der Waals surface area (Å²) < 4.78 is 12.8. The van der Waals surface area contributed by atoms with Crippen molar-refractivity contribution in [2.45, 2.75) is 37.7 Å². The van der Waals surface area contributed by atoms with Gasteiger partial charge in [0.25, 0.3) is 0 Å². The first-order valence-corrected chi connectivity index (χ1v) is 11.0. The lowest BCUT2D eigenvalue weighted by atomic mass is 10.2. The van der Waals surface area contributed by atoms with Crippen LogP contribution in [0.4, 0.5) is 5.13 Å². The number of benzene rings is 1. The summed E-state index contributed by atoms with van der Waals surface area (Å²) in [7, 11) is 0. The number of rotatable bonds is 7. The zero-order valence-corrected chi connectivity index (χ0v) is 18.5. The monoisotopic (exact) mass is 443 g/mol. The van der Waals surface area contributed by atoms with Crippen LogP contribution in [0.15, 0.2) is 36.0 Å². The van der Waals surface area contributed by atoms with Gasteiger partial charge in [0.2, 0.25) is 12.7 Å². The van der Waals surface area contributed by atoms with Gasteiger partial charge in [0.05, 0.1) is 10.9 Å². The first-order valence-electron chi connectivity index (χ1n) is 9.32. The number of ether oxygens (including phenoxy) is 2. The average Bonchev–Trinajstić information content (AvgIpc) is 3.41. The number of hydrogen-bond acceptors (Lipinski definition) is 8. The lowest BCUT2D eigenvalue weighted by Gasteiger charge is -2.12. The van der Waals surface area contributed by atoms with Gasteiger partial charge in [-0.3, -0.25) is 9.36 Å². The highest BCUT2D eigenvalue weighted by atomic mass is 32.2. The van der Waals surface area contributed by atoms with E-state index in [1.807, 2.05) is 43.5 Å². The van der Waals surface area contributed by atoms with Crippen molar-refractivity contribution < 1.29 is 14.3 Å². The van der Waals surface area contributed by atoms with Crippen LogP contribution in [0.1, 0.15) is 17.5 Å². The smallest absolute Gasteiger partial charge is 0.239 e. The molecule has 1 N–H and O–H groups in total. The molecular weight excluding hydrogens is 422 g/mol. The Morgan fingerprint density at radius 2 is 2.17 bits per heavy atom. The number of hydrogen-bond donors (Lipinski definition) is 1. The Morgan fingerprint density at radius 1 is 1.37 bits per heavy atom. The first-order chi connectivity index (χ1) is 14.5. The van der Waals surface area contributed by atoms with Gasteiger partial charge >= 0.3 is 0 Å². The summed E-state index contributed by atoms with van der Waals surface area (Å²) in [6.07, 6.45) is 1.77. The Bertz CT molecular complexity index is 1090. The molecule has 1 aliphatic rings. The number of amides is 1. The molecule has 10 heteroatoms. The molecule has 1 aliphatic heterocycles. The molecule has 3 heterocycles. The van der Waals surface area contributed by atoms with Crippen LogP contribution >= 0.6 is 23.1 Å². The summed E-state index contributed by atoms with van der Waals surface area (Å²) >= 11 is 2.81. The molecule has 156 valence electrons. The van der Waals surface area contributed by atoms with Gasteiger partial charge < -0.3 is 14.8 Å². The average molecular weight is 444 g/mol. The lowest BCUT2D eigenvalue weighted by Crippen LogP contribution is -2.22. The number of fused-ring (bicyclic) bond motifs is 1. The fourth-order valence-corrected chi connectivity index (χ4v) is 4.54. The number of anilines is 1. The molecule has 30 heavy (non-hydrogen) atoms. The highest BCUT2D eigenvalue weighted by Gasteiger charge is 2.23. The zero-order chi connectivity index (χ0) is 21.3. The van der Waals surface area contributed by atoms with Gasteiger partial charge in [0.1, 0.15) is 0 Å². The van der Waals surface area contributed by atoms with Crippen LogP contribution in [0.3, 0.4) is 0 Å². The Kier molecular flexibility index (Phi) is 5.78. The van der Waals surface area contributed by atoms with Crippen LogP contribution in [-0.2, 0) is 11.3 Å². The number of thiazole rings is 1. The van der Waals surface area contributed by atoms with Crippen LogP contribution in [0.2, 0.25) is 0 Å². The van der Waals surface area contributed by atoms with Gasteiger partial charge in [0.15, 0.2) is 27.6 Å². The summed E-state index contributed by atoms with van der Waals surface area (Å²) in [4.78, 5) is 18.1. The van der Waals surface area contributed by atoms with E-state index in [1.54, 1.807) is 6.08 Å². The maximum atomic E-state index is 12.6. The second-order valence-electron chi connectivity index (χ2n) is 6.68. The number of nitrogens with one attached hydrogen (secondary N) is 1. The molecule has 3 aromatic rings. The molecule has 0 fully saturated rings. The van der Waals surface area contributed by atoms with E-state index in [9.17, 15) is 4.79 Å². The van der Waals surface area contributed by atoms with Crippen molar-refractivity contribution in [3.63, 3.8) is 0 Å². The SMILES string of the molecule is C=CCn1c(SC(C)C(=O)Nc2nc(C)c(C)s2)nnc1-c1ccc2c(c1)OCO2. The van der Waals surface area contributed by atoms with E-state index in [4.69, 9.17) is 9.47 Å². The van der Waals surface area contributed by atoms with Crippen LogP contribution < -0.4 is 14.8 Å². The van der Waals surface area contributed by atoms with E-state index in [1.165, 1.54) is 23.1 Å². The van der Waals surface area contributed by atoms with Crippen molar-refractivity contribution in [3.05, 3.63) is 41.4 Å². The predicted molar refractivity (Wildman–Crippen MR) is 117 cm³/mol. The number of nitrogens with zero attached hydrogens (tertiary/aromatic N) is 4. The van der Waals surface area contributed by atoms with E-state index in [-0.39, 0.29) is 18.0 Å². The maximum absolute atomic E-state index is 12.6. The number of thioether (sulfide) groups is 1. The highest BCUT2D eigenvalue weighted by molar-refractivity contribution is 8.00. The van der Waals surface area contributed by atoms with Gasteiger partial charge in [-0.25, -0.2) is 4.98 Å². The third-order valence-electron chi connectivity index (χ3n) is 4.57.